The predicted molar refractivity (Wildman–Crippen MR) is 154 cm³/mol. The zero-order chi connectivity index (χ0) is 28.7. The fourth-order valence-electron chi connectivity index (χ4n) is 4.64. The van der Waals surface area contributed by atoms with Crippen molar-refractivity contribution in [3.8, 4) is 0 Å². The first-order valence-electron chi connectivity index (χ1n) is 13.3. The van der Waals surface area contributed by atoms with Crippen LogP contribution >= 0.6 is 11.6 Å². The number of fused-ring (bicyclic) bond motifs is 1. The summed E-state index contributed by atoms with van der Waals surface area (Å²) < 4.78 is 5.08. The van der Waals surface area contributed by atoms with Gasteiger partial charge in [-0.1, -0.05) is 30.7 Å². The number of hydrogen-bond acceptors (Lipinski definition) is 8. The fourth-order valence-corrected chi connectivity index (χ4v) is 4.76. The Kier molecular flexibility index (Phi) is 10.5. The number of nitrogens with zero attached hydrogens (tertiary/aromatic N) is 5. The molecular weight excluding hydrogens is 520 g/mol. The van der Waals surface area contributed by atoms with Crippen molar-refractivity contribution >= 4 is 29.4 Å². The molecule has 1 saturated heterocycles. The van der Waals surface area contributed by atoms with Gasteiger partial charge in [-0.3, -0.25) is 4.79 Å². The van der Waals surface area contributed by atoms with Crippen molar-refractivity contribution in [2.45, 2.75) is 58.2 Å². The summed E-state index contributed by atoms with van der Waals surface area (Å²) in [6.45, 7) is 11.4. The summed E-state index contributed by atoms with van der Waals surface area (Å²) in [6, 6.07) is 7.42. The van der Waals surface area contributed by atoms with Crippen LogP contribution in [0.5, 0.6) is 0 Å². The van der Waals surface area contributed by atoms with Crippen LogP contribution in [0.4, 0.5) is 10.6 Å². The molecule has 2 heterocycles. The standard InChI is InChI=1S/C20H23ClN4O2.C8H18N2O2.H2/c1-13-10-16(26)19-18(13)20(23-12-22-19)25-8-6-24(7-9-25)17(27)11-14-2-4-15(21)5-3-14;1-8(2,3)12-7(11)10(4)6-5-9;/h2-5,12-13,16,26H,6-11H2,1H3;5-6,9H2,1-4H3;1H/t13-,16?;;/m1../s1. The number of amides is 2. The quantitative estimate of drug-likeness (QED) is 0.566. The summed E-state index contributed by atoms with van der Waals surface area (Å²) in [4.78, 5) is 38.1. The number of aliphatic hydroxyl groups excluding tert-OH is 1. The molecule has 4 rings (SSSR count). The molecule has 2 amide bonds. The highest BCUT2D eigenvalue weighted by Gasteiger charge is 2.34. The summed E-state index contributed by atoms with van der Waals surface area (Å²) in [5, 5.41) is 10.9. The molecule has 0 radical (unpaired) electrons. The van der Waals surface area contributed by atoms with E-state index in [4.69, 9.17) is 22.1 Å². The molecule has 0 bridgehead atoms. The number of carbonyl (C=O) groups is 2. The molecule has 0 saturated carbocycles. The van der Waals surface area contributed by atoms with Crippen LogP contribution in [0.1, 0.15) is 64.4 Å². The maximum Gasteiger partial charge on any atom is 0.410 e. The number of anilines is 1. The van der Waals surface area contributed by atoms with Gasteiger partial charge in [0.1, 0.15) is 17.7 Å². The Bertz CT molecular complexity index is 1120. The second kappa shape index (κ2) is 13.4. The number of aromatic nitrogens is 2. The molecule has 216 valence electrons. The third-order valence-corrected chi connectivity index (χ3v) is 6.90. The van der Waals surface area contributed by atoms with Crippen LogP contribution in [0, 0.1) is 0 Å². The summed E-state index contributed by atoms with van der Waals surface area (Å²) in [7, 11) is 1.67. The summed E-state index contributed by atoms with van der Waals surface area (Å²) in [5.74, 6) is 1.29. The Balaban J connectivity index is 0.000000369. The van der Waals surface area contributed by atoms with Crippen LogP contribution in [0.25, 0.3) is 0 Å². The first-order valence-corrected chi connectivity index (χ1v) is 13.7. The predicted octanol–water partition coefficient (Wildman–Crippen LogP) is 3.62. The Hall–Kier alpha value is -2.95. The first-order chi connectivity index (χ1) is 18.4. The van der Waals surface area contributed by atoms with E-state index in [2.05, 4.69) is 21.8 Å². The first kappa shape index (κ1) is 30.6. The largest absolute Gasteiger partial charge is 0.444 e. The molecule has 2 aliphatic rings. The van der Waals surface area contributed by atoms with E-state index >= 15 is 0 Å². The van der Waals surface area contributed by atoms with Gasteiger partial charge in [-0.2, -0.15) is 0 Å². The van der Waals surface area contributed by atoms with E-state index in [0.717, 1.165) is 35.7 Å². The lowest BCUT2D eigenvalue weighted by Crippen LogP contribution is -2.49. The molecule has 10 nitrogen and oxygen atoms in total. The van der Waals surface area contributed by atoms with Crippen LogP contribution in [0.15, 0.2) is 30.6 Å². The van der Waals surface area contributed by atoms with Crippen LogP contribution in [0.2, 0.25) is 5.02 Å². The molecule has 1 aliphatic carbocycles. The summed E-state index contributed by atoms with van der Waals surface area (Å²) in [6.07, 6.45) is 1.80. The molecule has 11 heteroatoms. The molecule has 3 N–H and O–H groups in total. The van der Waals surface area contributed by atoms with Gasteiger partial charge in [0.25, 0.3) is 0 Å². The average Bonchev–Trinajstić information content (AvgIpc) is 3.18. The number of carbonyl (C=O) groups excluding carboxylic acids is 2. The Labute approximate surface area is 237 Å². The molecular formula is C28H43ClN6O4. The van der Waals surface area contributed by atoms with Crippen LogP contribution < -0.4 is 10.6 Å². The molecule has 1 fully saturated rings. The molecule has 1 unspecified atom stereocenters. The van der Waals surface area contributed by atoms with E-state index in [-0.39, 0.29) is 19.3 Å². The van der Waals surface area contributed by atoms with E-state index in [1.54, 1.807) is 7.05 Å². The highest BCUT2D eigenvalue weighted by atomic mass is 35.5. The lowest BCUT2D eigenvalue weighted by molar-refractivity contribution is -0.130. The number of rotatable bonds is 5. The van der Waals surface area contributed by atoms with Crippen molar-refractivity contribution in [3.63, 3.8) is 0 Å². The number of benzene rings is 1. The zero-order valence-electron chi connectivity index (χ0n) is 23.6. The van der Waals surface area contributed by atoms with Crippen LogP contribution in [-0.4, -0.2) is 88.8 Å². The normalized spacial score (nSPS) is 18.7. The molecule has 1 aliphatic heterocycles. The Morgan fingerprint density at radius 1 is 1.18 bits per heavy atom. The van der Waals surface area contributed by atoms with Crippen LogP contribution in [0.3, 0.4) is 0 Å². The Morgan fingerprint density at radius 3 is 2.41 bits per heavy atom. The van der Waals surface area contributed by atoms with Gasteiger partial charge < -0.3 is 30.3 Å². The minimum atomic E-state index is -0.501. The van der Waals surface area contributed by atoms with E-state index in [0.29, 0.717) is 44.0 Å². The average molecular weight is 563 g/mol. The fraction of sp³-hybridized carbons (Fsp3) is 0.571. The number of piperazine rings is 1. The van der Waals surface area contributed by atoms with E-state index < -0.39 is 11.7 Å². The number of halogens is 1. The third-order valence-electron chi connectivity index (χ3n) is 6.65. The minimum Gasteiger partial charge on any atom is -0.444 e. The molecule has 2 atom stereocenters. The lowest BCUT2D eigenvalue weighted by atomic mass is 10.1. The smallest absolute Gasteiger partial charge is 0.410 e. The van der Waals surface area contributed by atoms with Gasteiger partial charge in [0.15, 0.2) is 0 Å². The third kappa shape index (κ3) is 8.52. The van der Waals surface area contributed by atoms with Gasteiger partial charge in [0, 0.05) is 58.3 Å². The Morgan fingerprint density at radius 2 is 1.82 bits per heavy atom. The second-order valence-corrected chi connectivity index (χ2v) is 11.4. The van der Waals surface area contributed by atoms with Crippen LogP contribution in [-0.2, 0) is 16.0 Å². The highest BCUT2D eigenvalue weighted by molar-refractivity contribution is 6.30. The maximum absolute atomic E-state index is 12.6. The van der Waals surface area contributed by atoms with Gasteiger partial charge in [-0.05, 0) is 50.8 Å². The number of aliphatic hydroxyl groups is 1. The highest BCUT2D eigenvalue weighted by Crippen LogP contribution is 2.42. The van der Waals surface area contributed by atoms with Crippen molar-refractivity contribution in [2.24, 2.45) is 5.73 Å². The van der Waals surface area contributed by atoms with E-state index in [9.17, 15) is 14.7 Å². The summed E-state index contributed by atoms with van der Waals surface area (Å²) in [5.41, 5.74) is 7.65. The van der Waals surface area contributed by atoms with Crippen molar-refractivity contribution < 1.29 is 20.9 Å². The molecule has 2 aromatic rings. The minimum absolute atomic E-state index is 0. The molecule has 1 aromatic heterocycles. The number of ether oxygens (including phenoxy) is 1. The molecule has 0 spiro atoms. The second-order valence-electron chi connectivity index (χ2n) is 11.0. The van der Waals surface area contributed by atoms with Crippen molar-refractivity contribution in [1.82, 2.24) is 19.8 Å². The van der Waals surface area contributed by atoms with Gasteiger partial charge in [-0.25, -0.2) is 14.8 Å². The van der Waals surface area contributed by atoms with E-state index in [1.807, 2.05) is 49.9 Å². The number of likely N-dealkylation sites (N-methyl/N-ethyl adjacent to an activating group) is 1. The lowest BCUT2D eigenvalue weighted by Gasteiger charge is -2.36. The molecule has 39 heavy (non-hydrogen) atoms. The summed E-state index contributed by atoms with van der Waals surface area (Å²) >= 11 is 5.90. The van der Waals surface area contributed by atoms with Gasteiger partial charge in [0.2, 0.25) is 5.91 Å². The monoisotopic (exact) mass is 562 g/mol. The molecule has 1 aromatic carbocycles. The van der Waals surface area contributed by atoms with Crippen molar-refractivity contribution in [3.05, 3.63) is 52.4 Å². The van der Waals surface area contributed by atoms with Gasteiger partial charge in [-0.15, -0.1) is 0 Å². The van der Waals surface area contributed by atoms with Crippen molar-refractivity contribution in [1.29, 1.82) is 0 Å². The van der Waals surface area contributed by atoms with Gasteiger partial charge in [0.05, 0.1) is 18.2 Å². The van der Waals surface area contributed by atoms with Crippen molar-refractivity contribution in [2.75, 3.05) is 51.2 Å². The van der Waals surface area contributed by atoms with Gasteiger partial charge >= 0.3 is 6.09 Å². The SMILES string of the molecule is CN(CCN)C(=O)OC(C)(C)C.C[C@@H]1CC(O)c2ncnc(N3CCN(C(=O)Cc4ccc(Cl)cc4)CC3)c21.[HH]. The van der Waals surface area contributed by atoms with E-state index in [1.165, 1.54) is 11.2 Å². The number of hydrogen-bond donors (Lipinski definition) is 2. The topological polar surface area (TPSA) is 125 Å². The number of nitrogens with two attached hydrogens (primary N) is 1. The zero-order valence-corrected chi connectivity index (χ0v) is 24.3. The maximum atomic E-state index is 12.6.